The Morgan fingerprint density at radius 3 is 2.58 bits per heavy atom. The van der Waals surface area contributed by atoms with Crippen LogP contribution in [0.5, 0.6) is 5.75 Å². The zero-order valence-corrected chi connectivity index (χ0v) is 15.5. The van der Waals surface area contributed by atoms with Gasteiger partial charge in [-0.25, -0.2) is 4.68 Å². The molecule has 0 unspecified atom stereocenters. The molecule has 1 fully saturated rings. The molecule has 0 bridgehead atoms. The Balaban J connectivity index is 1.73. The Morgan fingerprint density at radius 2 is 1.88 bits per heavy atom. The normalized spacial score (nSPS) is 19.7. The van der Waals surface area contributed by atoms with E-state index in [-0.39, 0.29) is 22.9 Å². The first-order valence-corrected chi connectivity index (χ1v) is 8.82. The van der Waals surface area contributed by atoms with E-state index >= 15 is 0 Å². The summed E-state index contributed by atoms with van der Waals surface area (Å²) in [7, 11) is 0. The zero-order chi connectivity index (χ0) is 18.5. The number of hydrogen-bond donors (Lipinski definition) is 2. The fourth-order valence-electron chi connectivity index (χ4n) is 4.20. The second-order valence-electron chi connectivity index (χ2n) is 8.37. The summed E-state index contributed by atoms with van der Waals surface area (Å²) in [6.45, 7) is 8.83. The Kier molecular flexibility index (Phi) is 3.73. The van der Waals surface area contributed by atoms with Crippen molar-refractivity contribution in [1.29, 1.82) is 0 Å². The molecule has 3 heterocycles. The number of fused-ring (bicyclic) bond motifs is 1. The van der Waals surface area contributed by atoms with Crippen molar-refractivity contribution in [1.82, 2.24) is 30.5 Å². The van der Waals surface area contributed by atoms with Gasteiger partial charge in [0, 0.05) is 16.6 Å². The number of hydrogen-bond acceptors (Lipinski definition) is 6. The van der Waals surface area contributed by atoms with Gasteiger partial charge in [-0.05, 0) is 64.8 Å². The number of benzene rings is 1. The maximum atomic E-state index is 10.0. The second-order valence-corrected chi connectivity index (χ2v) is 8.37. The molecular weight excluding hydrogens is 328 g/mol. The SMILES string of the molecule is CC1(C)CC(n2nnc3cc(-c4c[c]ccc4O)nnc32)CC(C)(C)N1. The average Bonchev–Trinajstić information content (AvgIpc) is 2.95. The lowest BCUT2D eigenvalue weighted by Crippen LogP contribution is -2.58. The maximum absolute atomic E-state index is 10.0. The number of rotatable bonds is 2. The number of phenols is 1. The third-order valence-electron chi connectivity index (χ3n) is 4.85. The highest BCUT2D eigenvalue weighted by Crippen LogP contribution is 2.36. The number of aromatic hydroxyl groups is 1. The van der Waals surface area contributed by atoms with Crippen molar-refractivity contribution < 1.29 is 5.11 Å². The summed E-state index contributed by atoms with van der Waals surface area (Å²) in [5.74, 6) is 0.145. The average molecular weight is 351 g/mol. The number of nitrogens with one attached hydrogen (secondary N) is 1. The second kappa shape index (κ2) is 5.74. The molecule has 7 heteroatoms. The molecule has 2 aromatic heterocycles. The van der Waals surface area contributed by atoms with Gasteiger partial charge in [0.15, 0.2) is 0 Å². The van der Waals surface area contributed by atoms with Gasteiger partial charge in [-0.1, -0.05) is 11.3 Å². The Labute approximate surface area is 152 Å². The number of phenolic OH excluding ortho intramolecular Hbond substituents is 1. The molecule has 1 aromatic carbocycles. The topological polar surface area (TPSA) is 88.8 Å². The highest BCUT2D eigenvalue weighted by molar-refractivity contribution is 5.77. The summed E-state index contributed by atoms with van der Waals surface area (Å²) in [6, 6.07) is 9.88. The van der Waals surface area contributed by atoms with Gasteiger partial charge in [-0.15, -0.1) is 15.3 Å². The molecule has 1 saturated heterocycles. The number of piperidine rings is 1. The Morgan fingerprint density at radius 1 is 1.15 bits per heavy atom. The van der Waals surface area contributed by atoms with Crippen LogP contribution < -0.4 is 5.32 Å². The summed E-state index contributed by atoms with van der Waals surface area (Å²) in [5.41, 5.74) is 2.50. The number of nitrogens with zero attached hydrogens (tertiary/aromatic N) is 5. The summed E-state index contributed by atoms with van der Waals surface area (Å²) in [4.78, 5) is 0. The molecule has 0 amide bonds. The van der Waals surface area contributed by atoms with E-state index in [2.05, 4.69) is 59.6 Å². The molecule has 7 nitrogen and oxygen atoms in total. The van der Waals surface area contributed by atoms with Crippen LogP contribution in [0.1, 0.15) is 46.6 Å². The molecule has 2 N–H and O–H groups in total. The third kappa shape index (κ3) is 3.03. The molecule has 1 aliphatic rings. The van der Waals surface area contributed by atoms with E-state index in [9.17, 15) is 5.11 Å². The molecule has 0 atom stereocenters. The van der Waals surface area contributed by atoms with Crippen LogP contribution in [0.3, 0.4) is 0 Å². The van der Waals surface area contributed by atoms with Crippen molar-refractivity contribution in [2.75, 3.05) is 0 Å². The highest BCUT2D eigenvalue weighted by Gasteiger charge is 2.39. The van der Waals surface area contributed by atoms with Crippen LogP contribution in [0, 0.1) is 6.07 Å². The van der Waals surface area contributed by atoms with E-state index in [0.717, 1.165) is 12.8 Å². The van der Waals surface area contributed by atoms with Gasteiger partial charge in [0.1, 0.15) is 11.3 Å². The van der Waals surface area contributed by atoms with Crippen molar-refractivity contribution in [2.24, 2.45) is 0 Å². The van der Waals surface area contributed by atoms with Crippen molar-refractivity contribution in [3.05, 3.63) is 30.3 Å². The third-order valence-corrected chi connectivity index (χ3v) is 4.85. The molecular formula is C19H23N6O. The van der Waals surface area contributed by atoms with E-state index < -0.39 is 0 Å². The van der Waals surface area contributed by atoms with Crippen LogP contribution in [-0.2, 0) is 0 Å². The fraction of sp³-hybridized carbons (Fsp3) is 0.474. The molecule has 1 radical (unpaired) electrons. The summed E-state index contributed by atoms with van der Waals surface area (Å²) in [5, 5.41) is 31.0. The van der Waals surface area contributed by atoms with E-state index in [0.29, 0.717) is 22.4 Å². The molecule has 0 aliphatic carbocycles. The van der Waals surface area contributed by atoms with Gasteiger partial charge in [0.25, 0.3) is 0 Å². The molecule has 0 spiro atoms. The van der Waals surface area contributed by atoms with E-state index in [1.165, 1.54) is 0 Å². The van der Waals surface area contributed by atoms with Crippen molar-refractivity contribution in [3.63, 3.8) is 0 Å². The Hall–Kier alpha value is -2.54. The summed E-state index contributed by atoms with van der Waals surface area (Å²) >= 11 is 0. The first-order chi connectivity index (χ1) is 12.2. The van der Waals surface area contributed by atoms with Gasteiger partial charge >= 0.3 is 0 Å². The molecule has 3 aromatic rings. The molecule has 4 rings (SSSR count). The predicted molar refractivity (Wildman–Crippen MR) is 98.6 cm³/mol. The molecule has 0 saturated carbocycles. The molecule has 1 aliphatic heterocycles. The Bertz CT molecular complexity index is 946. The van der Waals surface area contributed by atoms with Crippen LogP contribution in [-0.4, -0.2) is 41.4 Å². The van der Waals surface area contributed by atoms with Crippen LogP contribution >= 0.6 is 0 Å². The minimum atomic E-state index is 0.00369. The first-order valence-electron chi connectivity index (χ1n) is 8.82. The van der Waals surface area contributed by atoms with E-state index in [4.69, 9.17) is 0 Å². The smallest absolute Gasteiger partial charge is 0.201 e. The summed E-state index contributed by atoms with van der Waals surface area (Å²) < 4.78 is 1.90. The van der Waals surface area contributed by atoms with Crippen molar-refractivity contribution in [2.45, 2.75) is 57.7 Å². The lowest BCUT2D eigenvalue weighted by atomic mass is 9.80. The predicted octanol–water partition coefficient (Wildman–Crippen LogP) is 2.88. The number of aromatic nitrogens is 5. The van der Waals surface area contributed by atoms with Crippen LogP contribution in [0.4, 0.5) is 0 Å². The zero-order valence-electron chi connectivity index (χ0n) is 15.5. The maximum Gasteiger partial charge on any atom is 0.201 e. The lowest BCUT2D eigenvalue weighted by molar-refractivity contribution is 0.127. The fourth-order valence-corrected chi connectivity index (χ4v) is 4.20. The standard InChI is InChI=1S/C19H23N6O/c1-18(2)10-12(11-19(3,4)23-18)25-17-15(21-24-25)9-14(20-22-17)13-7-5-6-8-16(13)26/h6-9,12,23,26H,10-11H2,1-4H3. The van der Waals surface area contributed by atoms with Crippen LogP contribution in [0.25, 0.3) is 22.4 Å². The lowest BCUT2D eigenvalue weighted by Gasteiger charge is -2.46. The van der Waals surface area contributed by atoms with Crippen molar-refractivity contribution >= 4 is 11.2 Å². The van der Waals surface area contributed by atoms with Crippen LogP contribution in [0.2, 0.25) is 0 Å². The van der Waals surface area contributed by atoms with E-state index in [1.807, 2.05) is 10.7 Å². The molecule has 26 heavy (non-hydrogen) atoms. The minimum Gasteiger partial charge on any atom is -0.507 e. The van der Waals surface area contributed by atoms with Gasteiger partial charge < -0.3 is 10.4 Å². The summed E-state index contributed by atoms with van der Waals surface area (Å²) in [6.07, 6.45) is 1.87. The van der Waals surface area contributed by atoms with Gasteiger partial charge in [-0.2, -0.15) is 0 Å². The van der Waals surface area contributed by atoms with Crippen molar-refractivity contribution in [3.8, 4) is 17.0 Å². The van der Waals surface area contributed by atoms with Gasteiger partial charge in [0.2, 0.25) is 5.65 Å². The van der Waals surface area contributed by atoms with Crippen LogP contribution in [0.15, 0.2) is 24.3 Å². The van der Waals surface area contributed by atoms with Gasteiger partial charge in [0.05, 0.1) is 11.7 Å². The largest absolute Gasteiger partial charge is 0.507 e. The van der Waals surface area contributed by atoms with E-state index in [1.54, 1.807) is 18.2 Å². The minimum absolute atomic E-state index is 0.00369. The van der Waals surface area contributed by atoms with Gasteiger partial charge in [-0.3, -0.25) is 0 Å². The first kappa shape index (κ1) is 16.9. The monoisotopic (exact) mass is 351 g/mol. The quantitative estimate of drug-likeness (QED) is 0.738. The molecule has 135 valence electrons. The highest BCUT2D eigenvalue weighted by atomic mass is 16.3.